The van der Waals surface area contributed by atoms with Crippen LogP contribution in [0.1, 0.15) is 33.6 Å². The normalized spacial score (nSPS) is 17.4. The number of sulfonamides is 1. The van der Waals surface area contributed by atoms with E-state index in [2.05, 4.69) is 15.5 Å². The van der Waals surface area contributed by atoms with Gasteiger partial charge in [-0.05, 0) is 55.3 Å². The van der Waals surface area contributed by atoms with E-state index in [4.69, 9.17) is 0 Å². The minimum absolute atomic E-state index is 0.0928. The Hall–Kier alpha value is -2.76. The highest BCUT2D eigenvalue weighted by atomic mass is 32.2. The average Bonchev–Trinajstić information content (AvgIpc) is 3.26. The maximum absolute atomic E-state index is 13.5. The molecule has 0 saturated carbocycles. The third-order valence-electron chi connectivity index (χ3n) is 4.90. The Morgan fingerprint density at radius 1 is 1.10 bits per heavy atom. The summed E-state index contributed by atoms with van der Waals surface area (Å²) in [6.45, 7) is 0.499. The van der Waals surface area contributed by atoms with Crippen molar-refractivity contribution in [1.29, 1.82) is 0 Å². The first-order valence-electron chi connectivity index (χ1n) is 9.49. The summed E-state index contributed by atoms with van der Waals surface area (Å²) in [5.41, 5.74) is 0.424. The topological polar surface area (TPSA) is 92.3 Å². The Labute approximate surface area is 181 Å². The number of halogens is 2. The van der Waals surface area contributed by atoms with Crippen molar-refractivity contribution >= 4 is 33.0 Å². The molecular formula is C20H18F2N4O3S2. The number of nitrogens with one attached hydrogen (secondary N) is 1. The van der Waals surface area contributed by atoms with Gasteiger partial charge in [0.2, 0.25) is 15.0 Å². The first-order chi connectivity index (χ1) is 14.8. The van der Waals surface area contributed by atoms with Crippen LogP contribution in [0.3, 0.4) is 0 Å². The minimum atomic E-state index is -3.84. The molecule has 1 aliphatic heterocycles. The van der Waals surface area contributed by atoms with Gasteiger partial charge in [0.05, 0.1) is 4.90 Å². The minimum Gasteiger partial charge on any atom is -0.320 e. The smallest absolute Gasteiger partial charge is 0.286 e. The number of hydrogen-bond donors (Lipinski definition) is 1. The van der Waals surface area contributed by atoms with Gasteiger partial charge in [-0.1, -0.05) is 17.4 Å². The highest BCUT2D eigenvalue weighted by Gasteiger charge is 2.33. The Morgan fingerprint density at radius 2 is 1.87 bits per heavy atom. The standard InChI is InChI=1S/C20H18F2N4O3S2/c21-14-6-8-16(9-7-14)23-18(27)20-25-24-19(30-20)13-3-2-10-26(12-13)31(28,29)17-5-1-4-15(22)11-17/h1,4-9,11,13H,2-3,10,12H2,(H,23,27)/t13-/m0/s1. The molecule has 1 atom stereocenters. The van der Waals surface area contributed by atoms with Crippen molar-refractivity contribution in [3.63, 3.8) is 0 Å². The van der Waals surface area contributed by atoms with Gasteiger partial charge in [-0.15, -0.1) is 10.2 Å². The van der Waals surface area contributed by atoms with Crippen LogP contribution < -0.4 is 5.32 Å². The number of carbonyl (C=O) groups excluding carboxylic acids is 1. The number of piperidine rings is 1. The zero-order valence-corrected chi connectivity index (χ0v) is 17.8. The molecular weight excluding hydrogens is 446 g/mol. The lowest BCUT2D eigenvalue weighted by Gasteiger charge is -2.30. The predicted octanol–water partition coefficient (Wildman–Crippen LogP) is 3.64. The molecule has 4 rings (SSSR count). The molecule has 0 unspecified atom stereocenters. The molecule has 1 aromatic heterocycles. The van der Waals surface area contributed by atoms with E-state index in [-0.39, 0.29) is 22.4 Å². The monoisotopic (exact) mass is 464 g/mol. The van der Waals surface area contributed by atoms with Crippen LogP contribution in [0.4, 0.5) is 14.5 Å². The predicted molar refractivity (Wildman–Crippen MR) is 111 cm³/mol. The molecule has 11 heteroatoms. The fourth-order valence-corrected chi connectivity index (χ4v) is 5.77. The molecule has 0 bridgehead atoms. The Bertz CT molecular complexity index is 1200. The lowest BCUT2D eigenvalue weighted by Crippen LogP contribution is -2.39. The van der Waals surface area contributed by atoms with Crippen LogP contribution >= 0.6 is 11.3 Å². The van der Waals surface area contributed by atoms with Crippen LogP contribution in [0.5, 0.6) is 0 Å². The van der Waals surface area contributed by atoms with Gasteiger partial charge in [0.1, 0.15) is 16.6 Å². The molecule has 1 saturated heterocycles. The summed E-state index contributed by atoms with van der Waals surface area (Å²) in [5.74, 6) is -1.72. The van der Waals surface area contributed by atoms with Crippen molar-refractivity contribution < 1.29 is 22.0 Å². The summed E-state index contributed by atoms with van der Waals surface area (Å²) in [6.07, 6.45) is 1.30. The van der Waals surface area contributed by atoms with Crippen molar-refractivity contribution in [3.05, 3.63) is 70.2 Å². The van der Waals surface area contributed by atoms with Crippen LogP contribution in [-0.2, 0) is 10.0 Å². The summed E-state index contributed by atoms with van der Waals surface area (Å²) >= 11 is 1.09. The second kappa shape index (κ2) is 8.77. The Kier molecular flexibility index (Phi) is 6.08. The first kappa shape index (κ1) is 21.5. The van der Waals surface area contributed by atoms with Crippen molar-refractivity contribution in [2.24, 2.45) is 0 Å². The van der Waals surface area contributed by atoms with Gasteiger partial charge in [0, 0.05) is 24.7 Å². The van der Waals surface area contributed by atoms with E-state index >= 15 is 0 Å². The molecule has 3 aromatic rings. The van der Waals surface area contributed by atoms with Crippen LogP contribution in [0.25, 0.3) is 0 Å². The highest BCUT2D eigenvalue weighted by molar-refractivity contribution is 7.89. The maximum Gasteiger partial charge on any atom is 0.286 e. The summed E-state index contributed by atoms with van der Waals surface area (Å²) < 4.78 is 53.6. The molecule has 162 valence electrons. The van der Waals surface area contributed by atoms with Crippen molar-refractivity contribution in [2.75, 3.05) is 18.4 Å². The zero-order chi connectivity index (χ0) is 22.0. The summed E-state index contributed by atoms with van der Waals surface area (Å²) in [4.78, 5) is 12.3. The largest absolute Gasteiger partial charge is 0.320 e. The van der Waals surface area contributed by atoms with Crippen molar-refractivity contribution in [2.45, 2.75) is 23.7 Å². The van der Waals surface area contributed by atoms with E-state index in [0.29, 0.717) is 30.1 Å². The number of amides is 1. The number of anilines is 1. The number of aromatic nitrogens is 2. The van der Waals surface area contributed by atoms with E-state index in [1.807, 2.05) is 0 Å². The van der Waals surface area contributed by atoms with Gasteiger partial charge in [-0.25, -0.2) is 17.2 Å². The van der Waals surface area contributed by atoms with Crippen molar-refractivity contribution in [3.8, 4) is 0 Å². The molecule has 1 amide bonds. The molecule has 0 spiro atoms. The Balaban J connectivity index is 1.47. The molecule has 31 heavy (non-hydrogen) atoms. The number of benzene rings is 2. The quantitative estimate of drug-likeness (QED) is 0.623. The summed E-state index contributed by atoms with van der Waals surface area (Å²) in [6, 6.07) is 10.3. The molecule has 0 aliphatic carbocycles. The second-order valence-electron chi connectivity index (χ2n) is 7.07. The zero-order valence-electron chi connectivity index (χ0n) is 16.2. The van der Waals surface area contributed by atoms with Crippen molar-refractivity contribution in [1.82, 2.24) is 14.5 Å². The van der Waals surface area contributed by atoms with Gasteiger partial charge < -0.3 is 5.32 Å². The lowest BCUT2D eigenvalue weighted by molar-refractivity contribution is 0.102. The molecule has 1 N–H and O–H groups in total. The first-order valence-corrected chi connectivity index (χ1v) is 11.7. The number of carbonyl (C=O) groups is 1. The summed E-state index contributed by atoms with van der Waals surface area (Å²) in [5, 5.41) is 11.3. The highest BCUT2D eigenvalue weighted by Crippen LogP contribution is 2.32. The average molecular weight is 465 g/mol. The second-order valence-corrected chi connectivity index (χ2v) is 10.0. The molecule has 7 nitrogen and oxygen atoms in total. The van der Waals surface area contributed by atoms with Gasteiger partial charge in [-0.3, -0.25) is 4.79 Å². The van der Waals surface area contributed by atoms with Gasteiger partial charge in [0.25, 0.3) is 5.91 Å². The maximum atomic E-state index is 13.5. The number of rotatable bonds is 5. The summed E-state index contributed by atoms with van der Waals surface area (Å²) in [7, 11) is -3.84. The molecule has 2 heterocycles. The lowest BCUT2D eigenvalue weighted by atomic mass is 10.0. The molecule has 2 aromatic carbocycles. The van der Waals surface area contributed by atoms with E-state index in [9.17, 15) is 22.0 Å². The van der Waals surface area contributed by atoms with Crippen LogP contribution in [0, 0.1) is 11.6 Å². The van der Waals surface area contributed by atoms with E-state index in [0.717, 1.165) is 17.4 Å². The third-order valence-corrected chi connectivity index (χ3v) is 7.85. The number of hydrogen-bond acceptors (Lipinski definition) is 6. The van der Waals surface area contributed by atoms with Crippen LogP contribution in [0.2, 0.25) is 0 Å². The van der Waals surface area contributed by atoms with Gasteiger partial charge >= 0.3 is 0 Å². The fraction of sp³-hybridized carbons (Fsp3) is 0.250. The third kappa shape index (κ3) is 4.78. The number of nitrogens with zero attached hydrogens (tertiary/aromatic N) is 3. The van der Waals surface area contributed by atoms with E-state index in [1.165, 1.54) is 46.8 Å². The van der Waals surface area contributed by atoms with Crippen LogP contribution in [0.15, 0.2) is 53.4 Å². The van der Waals surface area contributed by atoms with Gasteiger partial charge in [0.15, 0.2) is 0 Å². The van der Waals surface area contributed by atoms with E-state index < -0.39 is 27.6 Å². The van der Waals surface area contributed by atoms with E-state index in [1.54, 1.807) is 0 Å². The molecule has 1 fully saturated rings. The Morgan fingerprint density at radius 3 is 2.61 bits per heavy atom. The van der Waals surface area contributed by atoms with Crippen LogP contribution in [-0.4, -0.2) is 41.9 Å². The fourth-order valence-electron chi connectivity index (χ4n) is 3.35. The SMILES string of the molecule is O=C(Nc1ccc(F)cc1)c1nnc([C@H]2CCCN(S(=O)(=O)c3cccc(F)c3)C2)s1. The molecule has 0 radical (unpaired) electrons. The molecule has 1 aliphatic rings. The van der Waals surface area contributed by atoms with Gasteiger partial charge in [-0.2, -0.15) is 4.31 Å².